The van der Waals surface area contributed by atoms with Crippen LogP contribution in [0.25, 0.3) is 0 Å². The second-order valence-electron chi connectivity index (χ2n) is 14.1. The molecule has 16 nitrogen and oxygen atoms in total. The molecule has 2 saturated heterocycles. The summed E-state index contributed by atoms with van der Waals surface area (Å²) >= 11 is 0. The van der Waals surface area contributed by atoms with Gasteiger partial charge >= 0.3 is 6.09 Å². The van der Waals surface area contributed by atoms with E-state index < -0.39 is 108 Å². The highest BCUT2D eigenvalue weighted by Gasteiger charge is 2.53. The number of rotatable bonds is 12. The van der Waals surface area contributed by atoms with E-state index in [1.165, 1.54) is 0 Å². The number of amides is 1. The number of ether oxygens (including phenoxy) is 5. The molecule has 3 aliphatic rings. The van der Waals surface area contributed by atoms with Crippen molar-refractivity contribution in [1.29, 1.82) is 0 Å². The summed E-state index contributed by atoms with van der Waals surface area (Å²) < 4.78 is 58.7. The minimum atomic E-state index is -4.06. The SMILES string of the molecule is C#CC(C)CCS(=O)(=O)NC1CC(NC(=O)OC(C)(C)C)C(OC2OC(CC)C(O)CC2C)C(O)C1OC1OC(CO)C(O)C(N)C1O. The highest BCUT2D eigenvalue weighted by molar-refractivity contribution is 7.89. The lowest BCUT2D eigenvalue weighted by Gasteiger charge is -2.49. The first-order valence-electron chi connectivity index (χ1n) is 16.5. The number of aliphatic hydroxyl groups is 5. The van der Waals surface area contributed by atoms with Crippen molar-refractivity contribution in [2.24, 2.45) is 17.6 Å². The molecule has 0 aromatic rings. The predicted octanol–water partition coefficient (Wildman–Crippen LogP) is -1.35. The topological polar surface area (TPSA) is 249 Å². The maximum atomic E-state index is 13.3. The summed E-state index contributed by atoms with van der Waals surface area (Å²) in [5.74, 6) is 1.43. The number of carbonyl (C=O) groups excluding carboxylic acids is 1. The number of hydrogen-bond donors (Lipinski definition) is 8. The van der Waals surface area contributed by atoms with Crippen LogP contribution in [0.4, 0.5) is 4.79 Å². The fraction of sp³-hybridized carbons (Fsp3) is 0.903. The van der Waals surface area contributed by atoms with Gasteiger partial charge < -0.3 is 60.3 Å². The quantitative estimate of drug-likeness (QED) is 0.109. The van der Waals surface area contributed by atoms with Crippen LogP contribution < -0.4 is 15.8 Å². The molecule has 3 rings (SSSR count). The Morgan fingerprint density at radius 1 is 1.02 bits per heavy atom. The van der Waals surface area contributed by atoms with Crippen LogP contribution >= 0.6 is 0 Å². The predicted molar refractivity (Wildman–Crippen MR) is 171 cm³/mol. The third-order valence-corrected chi connectivity index (χ3v) is 10.3. The minimum absolute atomic E-state index is 0.134. The summed E-state index contributed by atoms with van der Waals surface area (Å²) in [7, 11) is -4.06. The number of terminal acetylenes is 1. The molecule has 0 radical (unpaired) electrons. The van der Waals surface area contributed by atoms with Crippen molar-refractivity contribution in [2.45, 2.75) is 152 Å². The molecular weight excluding hydrogens is 654 g/mol. The molecule has 0 bridgehead atoms. The molecule has 1 saturated carbocycles. The van der Waals surface area contributed by atoms with E-state index in [-0.39, 0.29) is 30.4 Å². The lowest BCUT2D eigenvalue weighted by atomic mass is 9.83. The molecule has 0 spiro atoms. The molecule has 278 valence electrons. The van der Waals surface area contributed by atoms with Gasteiger partial charge in [0.05, 0.1) is 42.7 Å². The van der Waals surface area contributed by atoms with Gasteiger partial charge in [0.1, 0.15) is 42.2 Å². The summed E-state index contributed by atoms with van der Waals surface area (Å²) in [5.41, 5.74) is 5.09. The summed E-state index contributed by atoms with van der Waals surface area (Å²) in [6.07, 6.45) is -7.37. The minimum Gasteiger partial charge on any atom is -0.444 e. The molecule has 15 unspecified atom stereocenters. The van der Waals surface area contributed by atoms with Gasteiger partial charge in [-0.15, -0.1) is 12.3 Å². The van der Waals surface area contributed by atoms with Crippen molar-refractivity contribution in [1.82, 2.24) is 10.0 Å². The summed E-state index contributed by atoms with van der Waals surface area (Å²) in [6.45, 7) is 9.65. The molecule has 1 amide bonds. The van der Waals surface area contributed by atoms with E-state index in [2.05, 4.69) is 16.0 Å². The summed E-state index contributed by atoms with van der Waals surface area (Å²) in [4.78, 5) is 13.0. The van der Waals surface area contributed by atoms with Crippen molar-refractivity contribution in [2.75, 3.05) is 12.4 Å². The van der Waals surface area contributed by atoms with E-state index in [1.54, 1.807) is 34.6 Å². The fourth-order valence-electron chi connectivity index (χ4n) is 6.09. The van der Waals surface area contributed by atoms with Gasteiger partial charge in [0.15, 0.2) is 12.6 Å². The lowest BCUT2D eigenvalue weighted by Crippen LogP contribution is -2.69. The van der Waals surface area contributed by atoms with Crippen LogP contribution in [0, 0.1) is 24.2 Å². The highest BCUT2D eigenvalue weighted by atomic mass is 32.2. The van der Waals surface area contributed by atoms with E-state index >= 15 is 0 Å². The Labute approximate surface area is 283 Å². The zero-order valence-corrected chi connectivity index (χ0v) is 29.3. The first-order chi connectivity index (χ1) is 22.3. The van der Waals surface area contributed by atoms with Crippen molar-refractivity contribution >= 4 is 16.1 Å². The fourth-order valence-corrected chi connectivity index (χ4v) is 7.56. The van der Waals surface area contributed by atoms with Gasteiger partial charge in [-0.25, -0.2) is 17.9 Å². The first-order valence-corrected chi connectivity index (χ1v) is 18.1. The lowest BCUT2D eigenvalue weighted by molar-refractivity contribution is -0.319. The monoisotopic (exact) mass is 709 g/mol. The molecule has 3 fully saturated rings. The van der Waals surface area contributed by atoms with Gasteiger partial charge in [-0.3, -0.25) is 0 Å². The number of hydrogen-bond acceptors (Lipinski definition) is 14. The smallest absolute Gasteiger partial charge is 0.407 e. The standard InChI is InChI=1S/C31H55N3O13S/c1-8-15(3)10-11-48(41,42)34-18-13-17(33-30(40)47-31(5,6)7)26(45-28-16(4)12-19(36)20(9-2)43-28)25(39)27(18)46-29-24(38)22(32)23(37)21(14-35)44-29/h1,15-29,34-39H,9-14,32H2,2-7H3,(H,33,40). The van der Waals surface area contributed by atoms with E-state index in [1.807, 2.05) is 6.92 Å². The van der Waals surface area contributed by atoms with Crippen LogP contribution in [0.5, 0.6) is 0 Å². The number of nitrogens with two attached hydrogens (primary N) is 1. The first kappa shape index (κ1) is 40.8. The van der Waals surface area contributed by atoms with E-state index in [0.717, 1.165) is 0 Å². The average molecular weight is 710 g/mol. The molecule has 9 N–H and O–H groups in total. The van der Waals surface area contributed by atoms with Gasteiger partial charge in [0.2, 0.25) is 10.0 Å². The van der Waals surface area contributed by atoms with Crippen LogP contribution in [0.15, 0.2) is 0 Å². The Morgan fingerprint density at radius 3 is 2.21 bits per heavy atom. The number of sulfonamides is 1. The molecule has 48 heavy (non-hydrogen) atoms. The van der Waals surface area contributed by atoms with Crippen LogP contribution in [-0.2, 0) is 33.7 Å². The maximum absolute atomic E-state index is 13.3. The van der Waals surface area contributed by atoms with Gasteiger partial charge in [-0.2, -0.15) is 0 Å². The van der Waals surface area contributed by atoms with E-state index in [9.17, 15) is 38.7 Å². The molecule has 0 aromatic carbocycles. The van der Waals surface area contributed by atoms with Crippen LogP contribution in [0.1, 0.15) is 67.2 Å². The van der Waals surface area contributed by atoms with Gasteiger partial charge in [0, 0.05) is 11.8 Å². The molecule has 15 atom stereocenters. The van der Waals surface area contributed by atoms with Gasteiger partial charge in [0.25, 0.3) is 0 Å². The van der Waals surface area contributed by atoms with Gasteiger partial charge in [-0.05, 0) is 46.5 Å². The second-order valence-corrected chi connectivity index (χ2v) is 16.0. The maximum Gasteiger partial charge on any atom is 0.407 e. The highest BCUT2D eigenvalue weighted by Crippen LogP contribution is 2.35. The molecule has 0 aromatic heterocycles. The average Bonchev–Trinajstić information content (AvgIpc) is 2.99. The van der Waals surface area contributed by atoms with Crippen molar-refractivity contribution in [3.8, 4) is 12.3 Å². The number of nitrogens with one attached hydrogen (secondary N) is 2. The molecular formula is C31H55N3O13S. The third-order valence-electron chi connectivity index (χ3n) is 8.85. The van der Waals surface area contributed by atoms with E-state index in [0.29, 0.717) is 12.8 Å². The molecule has 1 aliphatic carbocycles. The Kier molecular flexibility index (Phi) is 14.5. The zero-order valence-electron chi connectivity index (χ0n) is 28.5. The Bertz CT molecular complexity index is 1200. The Hall–Kier alpha value is -1.66. The summed E-state index contributed by atoms with van der Waals surface area (Å²) in [6, 6.07) is -3.63. The third kappa shape index (κ3) is 10.7. The van der Waals surface area contributed by atoms with Crippen LogP contribution in [0.2, 0.25) is 0 Å². The number of alkyl carbamates (subject to hydrolysis) is 1. The van der Waals surface area contributed by atoms with Crippen molar-refractivity contribution in [3.63, 3.8) is 0 Å². The van der Waals surface area contributed by atoms with Crippen LogP contribution in [0.3, 0.4) is 0 Å². The van der Waals surface area contributed by atoms with Crippen molar-refractivity contribution < 1.29 is 62.4 Å². The molecule has 2 aliphatic heterocycles. The Morgan fingerprint density at radius 2 is 1.62 bits per heavy atom. The molecule has 2 heterocycles. The van der Waals surface area contributed by atoms with Crippen molar-refractivity contribution in [3.05, 3.63) is 0 Å². The Balaban J connectivity index is 2.01. The largest absolute Gasteiger partial charge is 0.444 e. The second kappa shape index (κ2) is 17.0. The van der Waals surface area contributed by atoms with Gasteiger partial charge in [-0.1, -0.05) is 20.8 Å². The van der Waals surface area contributed by atoms with E-state index in [4.69, 9.17) is 35.8 Å². The molecule has 17 heteroatoms. The number of carbonyl (C=O) groups is 1. The summed E-state index contributed by atoms with van der Waals surface area (Å²) in [5, 5.41) is 56.0. The van der Waals surface area contributed by atoms with Crippen LogP contribution in [-0.4, -0.2) is 138 Å². The zero-order chi connectivity index (χ0) is 36.1. The normalized spacial score (nSPS) is 40.1. The number of aliphatic hydroxyl groups excluding tert-OH is 5.